The third kappa shape index (κ3) is 4.54. The summed E-state index contributed by atoms with van der Waals surface area (Å²) in [4.78, 5) is 12.5. The average Bonchev–Trinajstić information content (AvgIpc) is 2.38. The van der Waals surface area contributed by atoms with Crippen LogP contribution in [0.1, 0.15) is 50.0 Å². The highest BCUT2D eigenvalue weighted by atomic mass is 32.2. The first-order chi connectivity index (χ1) is 9.63. The Bertz CT molecular complexity index is 622. The summed E-state index contributed by atoms with van der Waals surface area (Å²) in [7, 11) is -3.56. The van der Waals surface area contributed by atoms with E-state index in [1.54, 1.807) is 19.9 Å². The Kier molecular flexibility index (Phi) is 5.53. The van der Waals surface area contributed by atoms with Crippen LogP contribution >= 0.6 is 0 Å². The van der Waals surface area contributed by atoms with Gasteiger partial charge in [0, 0.05) is 17.6 Å². The Morgan fingerprint density at radius 2 is 1.86 bits per heavy atom. The van der Waals surface area contributed by atoms with Crippen LogP contribution in [0, 0.1) is 6.92 Å². The molecule has 0 saturated heterocycles. The molecular weight excluding hydrogens is 288 g/mol. The van der Waals surface area contributed by atoms with E-state index < -0.39 is 10.0 Å². The standard InChI is InChI=1S/C15H24N2O3S/c1-6-15(4,5)17-14(18)13-10-12(9-8-11(13)3)21(19,20)16-7-2/h8-10,16H,6-7H2,1-5H3,(H,17,18). The topological polar surface area (TPSA) is 75.3 Å². The molecule has 1 rings (SSSR count). The van der Waals surface area contributed by atoms with Crippen molar-refractivity contribution in [3.8, 4) is 0 Å². The number of sulfonamides is 1. The van der Waals surface area contributed by atoms with Gasteiger partial charge in [0.25, 0.3) is 5.91 Å². The summed E-state index contributed by atoms with van der Waals surface area (Å²) < 4.78 is 26.5. The van der Waals surface area contributed by atoms with Gasteiger partial charge in [-0.3, -0.25) is 4.79 Å². The first kappa shape index (κ1) is 17.7. The SMILES string of the molecule is CCNS(=O)(=O)c1ccc(C)c(C(=O)NC(C)(C)CC)c1. The Balaban J connectivity index is 3.17. The molecule has 0 spiro atoms. The van der Waals surface area contributed by atoms with Gasteiger partial charge in [-0.2, -0.15) is 0 Å². The summed E-state index contributed by atoms with van der Waals surface area (Å²) in [6, 6.07) is 4.58. The van der Waals surface area contributed by atoms with E-state index in [0.717, 1.165) is 12.0 Å². The number of hydrogen-bond donors (Lipinski definition) is 2. The molecule has 0 bridgehead atoms. The highest BCUT2D eigenvalue weighted by Gasteiger charge is 2.22. The molecule has 6 heteroatoms. The number of benzene rings is 1. The van der Waals surface area contributed by atoms with Gasteiger partial charge >= 0.3 is 0 Å². The number of carbonyl (C=O) groups excluding carboxylic acids is 1. The minimum absolute atomic E-state index is 0.106. The molecule has 1 amide bonds. The van der Waals surface area contributed by atoms with Crippen molar-refractivity contribution >= 4 is 15.9 Å². The number of amides is 1. The zero-order valence-electron chi connectivity index (χ0n) is 13.3. The Morgan fingerprint density at radius 3 is 2.38 bits per heavy atom. The molecule has 0 saturated carbocycles. The molecule has 0 radical (unpaired) electrons. The summed E-state index contributed by atoms with van der Waals surface area (Å²) in [5, 5.41) is 2.92. The van der Waals surface area contributed by atoms with Crippen LogP contribution in [0.15, 0.2) is 23.1 Å². The maximum absolute atomic E-state index is 12.4. The normalized spacial score (nSPS) is 12.2. The minimum Gasteiger partial charge on any atom is -0.347 e. The summed E-state index contributed by atoms with van der Waals surface area (Å²) in [6.07, 6.45) is 0.785. The Morgan fingerprint density at radius 1 is 1.24 bits per heavy atom. The number of hydrogen-bond acceptors (Lipinski definition) is 3. The third-order valence-electron chi connectivity index (χ3n) is 3.43. The Labute approximate surface area is 127 Å². The largest absolute Gasteiger partial charge is 0.347 e. The van der Waals surface area contributed by atoms with E-state index in [9.17, 15) is 13.2 Å². The van der Waals surface area contributed by atoms with Crippen molar-refractivity contribution in [2.75, 3.05) is 6.54 Å². The molecule has 0 aromatic heterocycles. The van der Waals surface area contributed by atoms with Crippen LogP contribution in [0.4, 0.5) is 0 Å². The van der Waals surface area contributed by atoms with Gasteiger partial charge in [0.15, 0.2) is 0 Å². The molecule has 21 heavy (non-hydrogen) atoms. The van der Waals surface area contributed by atoms with Crippen LogP contribution in [-0.2, 0) is 10.0 Å². The molecule has 0 atom stereocenters. The van der Waals surface area contributed by atoms with Crippen molar-refractivity contribution in [2.24, 2.45) is 0 Å². The van der Waals surface area contributed by atoms with E-state index in [1.807, 2.05) is 20.8 Å². The molecule has 0 aliphatic heterocycles. The van der Waals surface area contributed by atoms with Crippen molar-refractivity contribution < 1.29 is 13.2 Å². The second-order valence-corrected chi connectivity index (χ2v) is 7.44. The maximum atomic E-state index is 12.4. The van der Waals surface area contributed by atoms with E-state index >= 15 is 0 Å². The zero-order chi connectivity index (χ0) is 16.3. The van der Waals surface area contributed by atoms with Gasteiger partial charge in [-0.1, -0.05) is 19.9 Å². The summed E-state index contributed by atoms with van der Waals surface area (Å²) in [5.41, 5.74) is 0.797. The van der Waals surface area contributed by atoms with E-state index in [-0.39, 0.29) is 16.3 Å². The number of carbonyl (C=O) groups is 1. The molecular formula is C15H24N2O3S. The van der Waals surface area contributed by atoms with Gasteiger partial charge in [0.05, 0.1) is 4.90 Å². The van der Waals surface area contributed by atoms with Crippen LogP contribution in [0.3, 0.4) is 0 Å². The van der Waals surface area contributed by atoms with Crippen LogP contribution < -0.4 is 10.0 Å². The molecule has 1 aromatic carbocycles. The molecule has 2 N–H and O–H groups in total. The van der Waals surface area contributed by atoms with E-state index in [0.29, 0.717) is 12.1 Å². The summed E-state index contributed by atoms with van der Waals surface area (Å²) in [5.74, 6) is -0.257. The van der Waals surface area contributed by atoms with Crippen LogP contribution in [-0.4, -0.2) is 26.4 Å². The quantitative estimate of drug-likeness (QED) is 0.845. The molecule has 0 fully saturated rings. The maximum Gasteiger partial charge on any atom is 0.252 e. The monoisotopic (exact) mass is 312 g/mol. The number of aryl methyl sites for hydroxylation is 1. The highest BCUT2D eigenvalue weighted by molar-refractivity contribution is 7.89. The molecule has 118 valence electrons. The predicted molar refractivity (Wildman–Crippen MR) is 83.9 cm³/mol. The smallest absolute Gasteiger partial charge is 0.252 e. The second-order valence-electron chi connectivity index (χ2n) is 5.67. The molecule has 0 aliphatic rings. The third-order valence-corrected chi connectivity index (χ3v) is 4.98. The van der Waals surface area contributed by atoms with Gasteiger partial charge in [0.1, 0.15) is 0 Å². The van der Waals surface area contributed by atoms with Crippen molar-refractivity contribution in [3.63, 3.8) is 0 Å². The second kappa shape index (κ2) is 6.58. The summed E-state index contributed by atoms with van der Waals surface area (Å²) in [6.45, 7) is 9.65. The van der Waals surface area contributed by atoms with Gasteiger partial charge in [-0.05, 0) is 44.9 Å². The van der Waals surface area contributed by atoms with E-state index in [1.165, 1.54) is 12.1 Å². The van der Waals surface area contributed by atoms with Gasteiger partial charge in [-0.15, -0.1) is 0 Å². The molecule has 0 aliphatic carbocycles. The number of rotatable bonds is 6. The van der Waals surface area contributed by atoms with E-state index in [4.69, 9.17) is 0 Å². The van der Waals surface area contributed by atoms with Gasteiger partial charge < -0.3 is 5.32 Å². The molecule has 5 nitrogen and oxygen atoms in total. The fourth-order valence-electron chi connectivity index (χ4n) is 1.75. The van der Waals surface area contributed by atoms with Gasteiger partial charge in [-0.25, -0.2) is 13.1 Å². The Hall–Kier alpha value is -1.40. The van der Waals surface area contributed by atoms with Gasteiger partial charge in [0.2, 0.25) is 10.0 Å². The van der Waals surface area contributed by atoms with Crippen molar-refractivity contribution in [1.82, 2.24) is 10.0 Å². The fourth-order valence-corrected chi connectivity index (χ4v) is 2.82. The van der Waals surface area contributed by atoms with Crippen molar-refractivity contribution in [2.45, 2.75) is 51.5 Å². The summed E-state index contributed by atoms with van der Waals surface area (Å²) >= 11 is 0. The van der Waals surface area contributed by atoms with Crippen LogP contribution in [0.5, 0.6) is 0 Å². The van der Waals surface area contributed by atoms with Crippen LogP contribution in [0.2, 0.25) is 0 Å². The highest BCUT2D eigenvalue weighted by Crippen LogP contribution is 2.17. The first-order valence-corrected chi connectivity index (χ1v) is 8.54. The lowest BCUT2D eigenvalue weighted by Crippen LogP contribution is -2.43. The van der Waals surface area contributed by atoms with Crippen LogP contribution in [0.25, 0.3) is 0 Å². The molecule has 0 unspecified atom stereocenters. The zero-order valence-corrected chi connectivity index (χ0v) is 14.1. The van der Waals surface area contributed by atoms with Crippen molar-refractivity contribution in [3.05, 3.63) is 29.3 Å². The molecule has 0 heterocycles. The lowest BCUT2D eigenvalue weighted by atomic mass is 10.0. The first-order valence-electron chi connectivity index (χ1n) is 7.06. The lowest BCUT2D eigenvalue weighted by molar-refractivity contribution is 0.0910. The minimum atomic E-state index is -3.56. The fraction of sp³-hybridized carbons (Fsp3) is 0.533. The lowest BCUT2D eigenvalue weighted by Gasteiger charge is -2.25. The molecule has 1 aromatic rings. The van der Waals surface area contributed by atoms with E-state index in [2.05, 4.69) is 10.0 Å². The number of nitrogens with one attached hydrogen (secondary N) is 2. The predicted octanol–water partition coefficient (Wildman–Crippen LogP) is 2.21. The van der Waals surface area contributed by atoms with Crippen molar-refractivity contribution in [1.29, 1.82) is 0 Å². The average molecular weight is 312 g/mol.